The highest BCUT2D eigenvalue weighted by Gasteiger charge is 2.61. The lowest BCUT2D eigenvalue weighted by molar-refractivity contribution is -0.213. The highest BCUT2D eigenvalue weighted by molar-refractivity contribution is 5.87. The van der Waals surface area contributed by atoms with Gasteiger partial charge in [-0.15, -0.1) is 0 Å². The molecule has 4 aliphatic carbocycles. The summed E-state index contributed by atoms with van der Waals surface area (Å²) in [6, 6.07) is 0. The van der Waals surface area contributed by atoms with Gasteiger partial charge in [0.25, 0.3) is 0 Å². The van der Waals surface area contributed by atoms with Crippen molar-refractivity contribution in [2.45, 2.75) is 90.3 Å². The molecule has 28 heavy (non-hydrogen) atoms. The molecule has 0 aromatic rings. The van der Waals surface area contributed by atoms with Gasteiger partial charge in [0.05, 0.1) is 6.61 Å². The molecular weight excluding hydrogens is 352 g/mol. The molecule has 0 spiro atoms. The number of carbonyl (C=O) groups is 2. The first kappa shape index (κ1) is 19.2. The monoisotopic (exact) mass is 388 g/mol. The van der Waals surface area contributed by atoms with E-state index in [9.17, 15) is 9.59 Å². The average molecular weight is 389 g/mol. The Bertz CT molecular complexity index is 639. The first-order valence-electron chi connectivity index (χ1n) is 11.8. The third-order valence-electron chi connectivity index (χ3n) is 9.57. The van der Waals surface area contributed by atoms with E-state index in [0.29, 0.717) is 35.2 Å². The summed E-state index contributed by atoms with van der Waals surface area (Å²) in [6.07, 6.45) is 12.1. The van der Waals surface area contributed by atoms with E-state index in [4.69, 9.17) is 9.47 Å². The lowest BCUT2D eigenvalue weighted by Gasteiger charge is -2.60. The Kier molecular flexibility index (Phi) is 4.94. The molecule has 156 valence electrons. The number of hydrogen-bond donors (Lipinski definition) is 0. The molecule has 4 heteroatoms. The van der Waals surface area contributed by atoms with Gasteiger partial charge in [-0.2, -0.15) is 0 Å². The maximum atomic E-state index is 12.7. The summed E-state index contributed by atoms with van der Waals surface area (Å²) in [5.74, 6) is 3.25. The van der Waals surface area contributed by atoms with Gasteiger partial charge in [0, 0.05) is 36.7 Å². The molecule has 0 radical (unpaired) electrons. The van der Waals surface area contributed by atoms with Crippen LogP contribution in [0.1, 0.15) is 84.0 Å². The third kappa shape index (κ3) is 2.93. The van der Waals surface area contributed by atoms with Gasteiger partial charge in [0.2, 0.25) is 0 Å². The van der Waals surface area contributed by atoms with Crippen molar-refractivity contribution >= 4 is 11.6 Å². The predicted octanol–water partition coefficient (Wildman–Crippen LogP) is 4.69. The largest absolute Gasteiger partial charge is 0.353 e. The van der Waals surface area contributed by atoms with Crippen LogP contribution < -0.4 is 0 Å². The summed E-state index contributed by atoms with van der Waals surface area (Å²) in [4.78, 5) is 24.9. The van der Waals surface area contributed by atoms with E-state index in [1.807, 2.05) is 0 Å². The summed E-state index contributed by atoms with van der Waals surface area (Å²) in [5, 5.41) is 0. The molecule has 4 nitrogen and oxygen atoms in total. The molecule has 7 atom stereocenters. The fraction of sp³-hybridized carbons (Fsp3) is 0.917. The zero-order valence-corrected chi connectivity index (χ0v) is 17.4. The fourth-order valence-corrected chi connectivity index (χ4v) is 7.99. The predicted molar refractivity (Wildman–Crippen MR) is 106 cm³/mol. The molecule has 1 saturated heterocycles. The standard InChI is InChI=1S/C24H36O4/c1-23-11-10-20-18(19(23)7-8-21(23)26)6-5-16-14-17(25)9-12-24(16,20)15-28-22-4-2-3-13-27-22/h16,18-20,22H,2-15H2,1H3/t16-,18-,19-,20-,22?,23-,24+/m0/s1. The molecular formula is C24H36O4. The Labute approximate surface area is 169 Å². The molecule has 5 aliphatic rings. The van der Waals surface area contributed by atoms with Crippen molar-refractivity contribution in [3.63, 3.8) is 0 Å². The summed E-state index contributed by atoms with van der Waals surface area (Å²) >= 11 is 0. The minimum Gasteiger partial charge on any atom is -0.353 e. The molecule has 0 bridgehead atoms. The van der Waals surface area contributed by atoms with Crippen molar-refractivity contribution in [1.82, 2.24) is 0 Å². The van der Waals surface area contributed by atoms with Crippen LogP contribution in [0.2, 0.25) is 0 Å². The molecule has 4 saturated carbocycles. The van der Waals surface area contributed by atoms with Gasteiger partial charge in [-0.1, -0.05) is 6.92 Å². The minimum atomic E-state index is -0.0764. The normalized spacial score (nSPS) is 48.7. The maximum absolute atomic E-state index is 12.7. The molecule has 1 unspecified atom stereocenters. The summed E-state index contributed by atoms with van der Waals surface area (Å²) in [5.41, 5.74) is 0.0532. The van der Waals surface area contributed by atoms with Crippen molar-refractivity contribution in [2.24, 2.45) is 34.5 Å². The van der Waals surface area contributed by atoms with Crippen LogP contribution in [0.25, 0.3) is 0 Å². The molecule has 5 rings (SSSR count). The van der Waals surface area contributed by atoms with E-state index in [1.54, 1.807) is 0 Å². The zero-order chi connectivity index (χ0) is 19.4. The summed E-state index contributed by atoms with van der Waals surface area (Å²) < 4.78 is 12.3. The second-order valence-corrected chi connectivity index (χ2v) is 10.7. The number of fused-ring (bicyclic) bond motifs is 5. The number of ketones is 2. The topological polar surface area (TPSA) is 52.6 Å². The minimum absolute atomic E-state index is 0.0521. The summed E-state index contributed by atoms with van der Waals surface area (Å²) in [6.45, 7) is 3.82. The lowest BCUT2D eigenvalue weighted by Crippen LogP contribution is -2.57. The third-order valence-corrected chi connectivity index (χ3v) is 9.57. The van der Waals surface area contributed by atoms with Crippen LogP contribution >= 0.6 is 0 Å². The molecule has 1 aliphatic heterocycles. The maximum Gasteiger partial charge on any atom is 0.157 e. The molecule has 0 N–H and O–H groups in total. The zero-order valence-electron chi connectivity index (χ0n) is 17.4. The second-order valence-electron chi connectivity index (χ2n) is 10.7. The number of hydrogen-bond acceptors (Lipinski definition) is 4. The van der Waals surface area contributed by atoms with Crippen LogP contribution in [0.3, 0.4) is 0 Å². The van der Waals surface area contributed by atoms with Crippen LogP contribution in [-0.2, 0) is 19.1 Å². The van der Waals surface area contributed by atoms with E-state index in [-0.39, 0.29) is 17.1 Å². The van der Waals surface area contributed by atoms with Gasteiger partial charge in [0.15, 0.2) is 6.29 Å². The molecule has 0 aromatic heterocycles. The second kappa shape index (κ2) is 7.19. The van der Waals surface area contributed by atoms with Crippen LogP contribution in [0.15, 0.2) is 0 Å². The van der Waals surface area contributed by atoms with E-state index in [0.717, 1.165) is 77.4 Å². The highest BCUT2D eigenvalue weighted by Crippen LogP contribution is 2.65. The van der Waals surface area contributed by atoms with Crippen LogP contribution in [0.5, 0.6) is 0 Å². The van der Waals surface area contributed by atoms with Crippen LogP contribution in [0.4, 0.5) is 0 Å². The van der Waals surface area contributed by atoms with E-state index >= 15 is 0 Å². The van der Waals surface area contributed by atoms with Crippen molar-refractivity contribution in [2.75, 3.05) is 13.2 Å². The van der Waals surface area contributed by atoms with E-state index in [1.165, 1.54) is 12.8 Å². The Morgan fingerprint density at radius 3 is 2.71 bits per heavy atom. The van der Waals surface area contributed by atoms with E-state index in [2.05, 4.69) is 6.92 Å². The quantitative estimate of drug-likeness (QED) is 0.704. The van der Waals surface area contributed by atoms with Crippen LogP contribution in [0, 0.1) is 34.5 Å². The van der Waals surface area contributed by atoms with Gasteiger partial charge in [-0.25, -0.2) is 0 Å². The molecule has 1 heterocycles. The molecule has 0 aromatic carbocycles. The van der Waals surface area contributed by atoms with Gasteiger partial charge < -0.3 is 9.47 Å². The first-order chi connectivity index (χ1) is 13.5. The highest BCUT2D eigenvalue weighted by atomic mass is 16.7. The smallest absolute Gasteiger partial charge is 0.157 e. The van der Waals surface area contributed by atoms with Crippen LogP contribution in [-0.4, -0.2) is 31.1 Å². The molecule has 0 amide bonds. The van der Waals surface area contributed by atoms with Gasteiger partial charge in [0.1, 0.15) is 11.6 Å². The Balaban J connectivity index is 1.41. The number of carbonyl (C=O) groups excluding carboxylic acids is 2. The lowest BCUT2D eigenvalue weighted by atomic mass is 9.45. The van der Waals surface area contributed by atoms with Crippen molar-refractivity contribution in [1.29, 1.82) is 0 Å². The van der Waals surface area contributed by atoms with Crippen molar-refractivity contribution in [3.05, 3.63) is 0 Å². The fourth-order valence-electron chi connectivity index (χ4n) is 7.99. The van der Waals surface area contributed by atoms with Gasteiger partial charge in [-0.05, 0) is 81.5 Å². The first-order valence-corrected chi connectivity index (χ1v) is 11.8. The summed E-state index contributed by atoms with van der Waals surface area (Å²) in [7, 11) is 0. The van der Waals surface area contributed by atoms with Gasteiger partial charge >= 0.3 is 0 Å². The number of Topliss-reactive ketones (excluding diaryl/α,β-unsaturated/α-hetero) is 2. The molecule has 5 fully saturated rings. The number of ether oxygens (including phenoxy) is 2. The number of rotatable bonds is 3. The SMILES string of the molecule is C[C@]12CC[C@H]3[C@@H](CC[C@H]4CC(=O)CC[C@@]43COC3CCCCO3)[C@@H]1CCC2=O. The Hall–Kier alpha value is -0.740. The average Bonchev–Trinajstić information content (AvgIpc) is 3.02. The Morgan fingerprint density at radius 1 is 1.00 bits per heavy atom. The van der Waals surface area contributed by atoms with Gasteiger partial charge in [-0.3, -0.25) is 9.59 Å². The Morgan fingerprint density at radius 2 is 1.89 bits per heavy atom. The van der Waals surface area contributed by atoms with Crippen molar-refractivity contribution in [3.8, 4) is 0 Å². The van der Waals surface area contributed by atoms with Crippen molar-refractivity contribution < 1.29 is 19.1 Å². The van der Waals surface area contributed by atoms with E-state index < -0.39 is 0 Å².